The Morgan fingerprint density at radius 1 is 1.39 bits per heavy atom. The van der Waals surface area contributed by atoms with E-state index in [-0.39, 0.29) is 0 Å². The Morgan fingerprint density at radius 3 is 2.67 bits per heavy atom. The third-order valence-corrected chi connectivity index (χ3v) is 4.32. The van der Waals surface area contributed by atoms with Crippen molar-refractivity contribution in [3.8, 4) is 0 Å². The van der Waals surface area contributed by atoms with E-state index in [1.807, 2.05) is 24.3 Å². The lowest BCUT2D eigenvalue weighted by atomic mass is 9.74. The summed E-state index contributed by atoms with van der Waals surface area (Å²) in [4.78, 5) is 2.31. The van der Waals surface area contributed by atoms with Gasteiger partial charge in [0.15, 0.2) is 0 Å². The van der Waals surface area contributed by atoms with Crippen molar-refractivity contribution in [3.05, 3.63) is 34.9 Å². The summed E-state index contributed by atoms with van der Waals surface area (Å²) in [6.07, 6.45) is 2.97. The van der Waals surface area contributed by atoms with Gasteiger partial charge < -0.3 is 10.0 Å². The summed E-state index contributed by atoms with van der Waals surface area (Å²) in [5, 5.41) is 11.8. The van der Waals surface area contributed by atoms with Crippen LogP contribution >= 0.6 is 11.6 Å². The molecule has 3 heteroatoms. The van der Waals surface area contributed by atoms with E-state index in [0.29, 0.717) is 5.92 Å². The first-order chi connectivity index (χ1) is 8.56. The zero-order valence-corrected chi connectivity index (χ0v) is 12.0. The van der Waals surface area contributed by atoms with Gasteiger partial charge in [0.2, 0.25) is 0 Å². The standard InChI is InChI=1S/C15H22ClNO/c1-3-4-13-11-17(2)10-9-15(13,18)12-5-7-14(16)8-6-12/h5-8,13,18H,3-4,9-11H2,1-2H3. The van der Waals surface area contributed by atoms with Gasteiger partial charge in [-0.3, -0.25) is 0 Å². The lowest BCUT2D eigenvalue weighted by Crippen LogP contribution is -2.48. The van der Waals surface area contributed by atoms with Crippen molar-refractivity contribution in [2.75, 3.05) is 20.1 Å². The summed E-state index contributed by atoms with van der Waals surface area (Å²) in [6, 6.07) is 7.68. The number of likely N-dealkylation sites (tertiary alicyclic amines) is 1. The van der Waals surface area contributed by atoms with Crippen molar-refractivity contribution in [1.29, 1.82) is 0 Å². The highest BCUT2D eigenvalue weighted by Crippen LogP contribution is 2.39. The largest absolute Gasteiger partial charge is 0.385 e. The Hall–Kier alpha value is -0.570. The molecule has 2 rings (SSSR count). The third-order valence-electron chi connectivity index (χ3n) is 4.06. The average Bonchev–Trinajstić information content (AvgIpc) is 2.35. The first kappa shape index (κ1) is 13.9. The molecule has 1 aromatic rings. The Bertz CT molecular complexity index is 392. The SMILES string of the molecule is CCCC1CN(C)CCC1(O)c1ccc(Cl)cc1. The van der Waals surface area contributed by atoms with Crippen molar-refractivity contribution in [2.24, 2.45) is 5.92 Å². The second kappa shape index (κ2) is 5.60. The molecule has 1 aliphatic rings. The minimum absolute atomic E-state index is 0.308. The molecule has 2 nitrogen and oxygen atoms in total. The number of hydrogen-bond donors (Lipinski definition) is 1. The molecule has 1 saturated heterocycles. The number of benzene rings is 1. The van der Waals surface area contributed by atoms with E-state index in [1.165, 1.54) is 0 Å². The number of rotatable bonds is 3. The molecule has 0 aliphatic carbocycles. The fourth-order valence-electron chi connectivity index (χ4n) is 2.98. The van der Waals surface area contributed by atoms with Crippen molar-refractivity contribution in [2.45, 2.75) is 31.8 Å². The van der Waals surface area contributed by atoms with E-state index in [0.717, 1.165) is 42.9 Å². The number of aliphatic hydroxyl groups is 1. The van der Waals surface area contributed by atoms with Crippen LogP contribution in [0.5, 0.6) is 0 Å². The molecule has 1 aliphatic heterocycles. The van der Waals surface area contributed by atoms with Gasteiger partial charge in [0.05, 0.1) is 5.60 Å². The summed E-state index contributed by atoms with van der Waals surface area (Å²) in [5.74, 6) is 0.308. The van der Waals surface area contributed by atoms with Gasteiger partial charge >= 0.3 is 0 Å². The minimum atomic E-state index is -0.687. The van der Waals surface area contributed by atoms with Crippen molar-refractivity contribution in [3.63, 3.8) is 0 Å². The highest BCUT2D eigenvalue weighted by Gasteiger charge is 2.41. The van der Waals surface area contributed by atoms with Crippen molar-refractivity contribution >= 4 is 11.6 Å². The molecule has 0 amide bonds. The first-order valence-corrected chi connectivity index (χ1v) is 7.11. The Balaban J connectivity index is 2.28. The summed E-state index contributed by atoms with van der Waals surface area (Å²) in [5.41, 5.74) is 0.325. The van der Waals surface area contributed by atoms with Gasteiger partial charge in [-0.2, -0.15) is 0 Å². The monoisotopic (exact) mass is 267 g/mol. The number of hydrogen-bond acceptors (Lipinski definition) is 2. The molecule has 100 valence electrons. The molecule has 2 atom stereocenters. The van der Waals surface area contributed by atoms with Gasteiger partial charge in [0.25, 0.3) is 0 Å². The molecule has 0 radical (unpaired) electrons. The van der Waals surface area contributed by atoms with Gasteiger partial charge in [-0.1, -0.05) is 37.1 Å². The van der Waals surface area contributed by atoms with Crippen LogP contribution in [-0.2, 0) is 5.60 Å². The van der Waals surface area contributed by atoms with E-state index >= 15 is 0 Å². The van der Waals surface area contributed by atoms with Crippen molar-refractivity contribution < 1.29 is 5.11 Å². The quantitative estimate of drug-likeness (QED) is 0.909. The van der Waals surface area contributed by atoms with Crippen LogP contribution in [0.1, 0.15) is 31.7 Å². The first-order valence-electron chi connectivity index (χ1n) is 6.73. The molecular weight excluding hydrogens is 246 g/mol. The molecule has 0 bridgehead atoms. The van der Waals surface area contributed by atoms with Gasteiger partial charge in [0.1, 0.15) is 0 Å². The highest BCUT2D eigenvalue weighted by atomic mass is 35.5. The zero-order chi connectivity index (χ0) is 13.2. The van der Waals surface area contributed by atoms with Crippen LogP contribution in [0.3, 0.4) is 0 Å². The molecule has 1 aromatic carbocycles. The molecule has 0 saturated carbocycles. The Labute approximate surface area is 115 Å². The molecule has 1 fully saturated rings. The number of halogens is 1. The van der Waals surface area contributed by atoms with E-state index in [4.69, 9.17) is 11.6 Å². The maximum atomic E-state index is 11.1. The summed E-state index contributed by atoms with van der Waals surface area (Å²) in [7, 11) is 2.13. The minimum Gasteiger partial charge on any atom is -0.385 e. The summed E-state index contributed by atoms with van der Waals surface area (Å²) >= 11 is 5.93. The smallest absolute Gasteiger partial charge is 0.0948 e. The van der Waals surface area contributed by atoms with Gasteiger partial charge in [-0.15, -0.1) is 0 Å². The lowest BCUT2D eigenvalue weighted by Gasteiger charge is -2.44. The highest BCUT2D eigenvalue weighted by molar-refractivity contribution is 6.30. The second-order valence-electron chi connectivity index (χ2n) is 5.43. The molecule has 2 unspecified atom stereocenters. The maximum Gasteiger partial charge on any atom is 0.0948 e. The second-order valence-corrected chi connectivity index (χ2v) is 5.87. The van der Waals surface area contributed by atoms with Crippen LogP contribution in [0.2, 0.25) is 5.02 Å². The lowest BCUT2D eigenvalue weighted by molar-refractivity contribution is -0.0762. The van der Waals surface area contributed by atoms with Crippen LogP contribution in [0.4, 0.5) is 0 Å². The number of nitrogens with zero attached hydrogens (tertiary/aromatic N) is 1. The zero-order valence-electron chi connectivity index (χ0n) is 11.2. The fraction of sp³-hybridized carbons (Fsp3) is 0.600. The summed E-state index contributed by atoms with van der Waals surface area (Å²) < 4.78 is 0. The predicted molar refractivity (Wildman–Crippen MR) is 75.9 cm³/mol. The van der Waals surface area contributed by atoms with E-state index in [2.05, 4.69) is 18.9 Å². The molecule has 1 heterocycles. The average molecular weight is 268 g/mol. The van der Waals surface area contributed by atoms with Gasteiger partial charge in [-0.25, -0.2) is 0 Å². The topological polar surface area (TPSA) is 23.5 Å². The van der Waals surface area contributed by atoms with E-state index < -0.39 is 5.60 Å². The van der Waals surface area contributed by atoms with Crippen LogP contribution in [0, 0.1) is 5.92 Å². The Kier molecular flexibility index (Phi) is 4.31. The van der Waals surface area contributed by atoms with Crippen molar-refractivity contribution in [1.82, 2.24) is 4.90 Å². The van der Waals surface area contributed by atoms with Gasteiger partial charge in [-0.05, 0) is 37.6 Å². The molecular formula is C15H22ClNO. The third kappa shape index (κ3) is 2.71. The van der Waals surface area contributed by atoms with Crippen LogP contribution in [0.15, 0.2) is 24.3 Å². The van der Waals surface area contributed by atoms with E-state index in [1.54, 1.807) is 0 Å². The normalized spacial score (nSPS) is 29.4. The molecule has 1 N–H and O–H groups in total. The molecule has 18 heavy (non-hydrogen) atoms. The molecule has 0 spiro atoms. The number of piperidine rings is 1. The maximum absolute atomic E-state index is 11.1. The molecule has 0 aromatic heterocycles. The van der Waals surface area contributed by atoms with Gasteiger partial charge in [0, 0.05) is 24.0 Å². The van der Waals surface area contributed by atoms with E-state index in [9.17, 15) is 5.11 Å². The van der Waals surface area contributed by atoms with Crippen LogP contribution in [0.25, 0.3) is 0 Å². The van der Waals surface area contributed by atoms with Crippen LogP contribution in [-0.4, -0.2) is 30.1 Å². The van der Waals surface area contributed by atoms with Crippen LogP contribution < -0.4 is 0 Å². The fourth-order valence-corrected chi connectivity index (χ4v) is 3.11. The summed E-state index contributed by atoms with van der Waals surface area (Å²) in [6.45, 7) is 4.09. The Morgan fingerprint density at radius 2 is 2.06 bits per heavy atom. The predicted octanol–water partition coefficient (Wildman–Crippen LogP) is 3.28.